The van der Waals surface area contributed by atoms with Crippen molar-refractivity contribution in [3.8, 4) is 0 Å². The summed E-state index contributed by atoms with van der Waals surface area (Å²) in [6, 6.07) is 8.26. The van der Waals surface area contributed by atoms with Crippen LogP contribution in [0.1, 0.15) is 49.1 Å². The molecule has 0 bridgehead atoms. The van der Waals surface area contributed by atoms with Crippen molar-refractivity contribution < 1.29 is 0 Å². The first-order valence-corrected chi connectivity index (χ1v) is 5.97. The van der Waals surface area contributed by atoms with Gasteiger partial charge in [-0.2, -0.15) is 0 Å². The van der Waals surface area contributed by atoms with Crippen molar-refractivity contribution in [1.82, 2.24) is 0 Å². The molecule has 0 aromatic heterocycles. The van der Waals surface area contributed by atoms with Gasteiger partial charge in [0.2, 0.25) is 0 Å². The van der Waals surface area contributed by atoms with Crippen LogP contribution in [0.4, 0.5) is 0 Å². The normalized spacial score (nSPS) is 17.0. The lowest BCUT2D eigenvalue weighted by atomic mass is 9.84. The van der Waals surface area contributed by atoms with Crippen molar-refractivity contribution in [1.29, 1.82) is 5.41 Å². The number of nitrogens with one attached hydrogen (secondary N) is 1. The topological polar surface area (TPSA) is 36.2 Å². The molecule has 1 N–H and O–H groups in total. The maximum absolute atomic E-state index is 7.56. The molecule has 0 heterocycles. The van der Waals surface area contributed by atoms with E-state index >= 15 is 0 Å². The summed E-state index contributed by atoms with van der Waals surface area (Å²) in [5.41, 5.74) is 2.27. The second-order valence-corrected chi connectivity index (χ2v) is 4.46. The van der Waals surface area contributed by atoms with E-state index in [2.05, 4.69) is 23.8 Å². The Hall–Kier alpha value is -1.44. The van der Waals surface area contributed by atoms with Crippen molar-refractivity contribution in [2.45, 2.75) is 38.0 Å². The molecule has 0 amide bonds. The summed E-state index contributed by atoms with van der Waals surface area (Å²) >= 11 is 0. The molecule has 1 aromatic carbocycles. The third kappa shape index (κ3) is 2.38. The SMILES string of the molecule is C=NC(=N)c1ccc(C2CCCCC2)cc1. The second kappa shape index (κ2) is 5.06. The van der Waals surface area contributed by atoms with Crippen molar-refractivity contribution in [2.24, 2.45) is 4.99 Å². The van der Waals surface area contributed by atoms with Crippen LogP contribution in [0.15, 0.2) is 29.3 Å². The number of hydrogen-bond donors (Lipinski definition) is 1. The summed E-state index contributed by atoms with van der Waals surface area (Å²) in [6.45, 7) is 3.37. The molecule has 1 fully saturated rings. The van der Waals surface area contributed by atoms with Gasteiger partial charge in [0, 0.05) is 5.56 Å². The third-order valence-corrected chi connectivity index (χ3v) is 3.42. The first-order valence-electron chi connectivity index (χ1n) is 5.97. The van der Waals surface area contributed by atoms with Gasteiger partial charge in [0.25, 0.3) is 0 Å². The van der Waals surface area contributed by atoms with Crippen molar-refractivity contribution in [2.75, 3.05) is 0 Å². The van der Waals surface area contributed by atoms with Gasteiger partial charge in [-0.1, -0.05) is 43.5 Å². The van der Waals surface area contributed by atoms with Gasteiger partial charge in [-0.25, -0.2) is 4.99 Å². The fourth-order valence-electron chi connectivity index (χ4n) is 2.44. The Morgan fingerprint density at radius 2 is 1.75 bits per heavy atom. The summed E-state index contributed by atoms with van der Waals surface area (Å²) in [6.07, 6.45) is 6.74. The molecule has 84 valence electrons. The average molecular weight is 214 g/mol. The summed E-state index contributed by atoms with van der Waals surface area (Å²) in [5.74, 6) is 0.990. The van der Waals surface area contributed by atoms with Gasteiger partial charge in [0.15, 0.2) is 5.84 Å². The number of hydrogen-bond acceptors (Lipinski definition) is 1. The monoisotopic (exact) mass is 214 g/mol. The highest BCUT2D eigenvalue weighted by molar-refractivity contribution is 5.98. The van der Waals surface area contributed by atoms with Crippen LogP contribution in [0.25, 0.3) is 0 Å². The molecule has 0 radical (unpaired) electrons. The molecule has 1 aromatic rings. The van der Waals surface area contributed by atoms with E-state index in [-0.39, 0.29) is 5.84 Å². The molecule has 0 spiro atoms. The minimum Gasteiger partial charge on any atom is -0.282 e. The Morgan fingerprint density at radius 3 is 2.31 bits per heavy atom. The smallest absolute Gasteiger partial charge is 0.151 e. The molecule has 0 saturated heterocycles. The maximum Gasteiger partial charge on any atom is 0.151 e. The van der Waals surface area contributed by atoms with E-state index in [1.807, 2.05) is 12.1 Å². The molecule has 0 aliphatic heterocycles. The first kappa shape index (κ1) is 11.1. The first-order chi connectivity index (χ1) is 7.81. The Balaban J connectivity index is 2.11. The lowest BCUT2D eigenvalue weighted by Gasteiger charge is -2.21. The van der Waals surface area contributed by atoms with Crippen LogP contribution >= 0.6 is 0 Å². The maximum atomic E-state index is 7.56. The fourth-order valence-corrected chi connectivity index (χ4v) is 2.44. The Kier molecular flexibility index (Phi) is 3.50. The third-order valence-electron chi connectivity index (χ3n) is 3.42. The highest BCUT2D eigenvalue weighted by atomic mass is 14.8. The number of amidine groups is 1. The predicted molar refractivity (Wildman–Crippen MR) is 68.6 cm³/mol. The Bertz CT molecular complexity index is 372. The van der Waals surface area contributed by atoms with Crippen LogP contribution in [-0.2, 0) is 0 Å². The van der Waals surface area contributed by atoms with Gasteiger partial charge in [0.05, 0.1) is 0 Å². The van der Waals surface area contributed by atoms with E-state index in [0.29, 0.717) is 0 Å². The van der Waals surface area contributed by atoms with Crippen LogP contribution in [0.2, 0.25) is 0 Å². The molecule has 0 atom stereocenters. The fraction of sp³-hybridized carbons (Fsp3) is 0.429. The zero-order chi connectivity index (χ0) is 11.4. The quantitative estimate of drug-likeness (QED) is 0.575. The van der Waals surface area contributed by atoms with E-state index in [0.717, 1.165) is 11.5 Å². The molecule has 1 aliphatic carbocycles. The zero-order valence-electron chi connectivity index (χ0n) is 9.58. The predicted octanol–water partition coefficient (Wildman–Crippen LogP) is 3.76. The molecule has 1 aliphatic rings. The number of aliphatic imine (C=N–C) groups is 1. The van der Waals surface area contributed by atoms with Gasteiger partial charge in [0.1, 0.15) is 0 Å². The van der Waals surface area contributed by atoms with Gasteiger partial charge in [-0.05, 0) is 31.0 Å². The zero-order valence-corrected chi connectivity index (χ0v) is 9.58. The molecule has 0 unspecified atom stereocenters. The highest BCUT2D eigenvalue weighted by Crippen LogP contribution is 2.32. The highest BCUT2D eigenvalue weighted by Gasteiger charge is 2.15. The van der Waals surface area contributed by atoms with E-state index in [1.165, 1.54) is 37.7 Å². The van der Waals surface area contributed by atoms with E-state index < -0.39 is 0 Å². The molecule has 2 heteroatoms. The van der Waals surface area contributed by atoms with Crippen LogP contribution in [0.3, 0.4) is 0 Å². The van der Waals surface area contributed by atoms with E-state index in [4.69, 9.17) is 5.41 Å². The van der Waals surface area contributed by atoms with Gasteiger partial charge < -0.3 is 0 Å². The van der Waals surface area contributed by atoms with E-state index in [9.17, 15) is 0 Å². The summed E-state index contributed by atoms with van der Waals surface area (Å²) in [7, 11) is 0. The lowest BCUT2D eigenvalue weighted by molar-refractivity contribution is 0.443. The van der Waals surface area contributed by atoms with Crippen LogP contribution in [0, 0.1) is 5.41 Å². The molecular weight excluding hydrogens is 196 g/mol. The van der Waals surface area contributed by atoms with Crippen molar-refractivity contribution in [3.63, 3.8) is 0 Å². The van der Waals surface area contributed by atoms with Crippen molar-refractivity contribution in [3.05, 3.63) is 35.4 Å². The second-order valence-electron chi connectivity index (χ2n) is 4.46. The molecule has 16 heavy (non-hydrogen) atoms. The number of benzene rings is 1. The standard InChI is InChI=1S/C14H18N2/c1-16-14(15)13-9-7-12(8-10-13)11-5-3-2-4-6-11/h7-11,15H,1-6H2. The summed E-state index contributed by atoms with van der Waals surface area (Å²) < 4.78 is 0. The molecule has 1 saturated carbocycles. The number of rotatable bonds is 2. The van der Waals surface area contributed by atoms with Gasteiger partial charge in [-0.15, -0.1) is 0 Å². The molecule has 2 nitrogen and oxygen atoms in total. The van der Waals surface area contributed by atoms with Gasteiger partial charge in [-0.3, -0.25) is 5.41 Å². The summed E-state index contributed by atoms with van der Waals surface area (Å²) in [5, 5.41) is 7.56. The Morgan fingerprint density at radius 1 is 1.12 bits per heavy atom. The van der Waals surface area contributed by atoms with Gasteiger partial charge >= 0.3 is 0 Å². The van der Waals surface area contributed by atoms with Crippen LogP contribution in [-0.4, -0.2) is 12.6 Å². The molecular formula is C14H18N2. The average Bonchev–Trinajstić information content (AvgIpc) is 2.39. The Labute approximate surface area is 96.9 Å². The number of nitrogens with zero attached hydrogens (tertiary/aromatic N) is 1. The minimum atomic E-state index is 0.259. The largest absolute Gasteiger partial charge is 0.282 e. The summed E-state index contributed by atoms with van der Waals surface area (Å²) in [4.78, 5) is 3.63. The van der Waals surface area contributed by atoms with Crippen LogP contribution in [0.5, 0.6) is 0 Å². The lowest BCUT2D eigenvalue weighted by Crippen LogP contribution is -2.04. The van der Waals surface area contributed by atoms with Crippen LogP contribution < -0.4 is 0 Å². The minimum absolute atomic E-state index is 0.259. The molecule has 2 rings (SSSR count). The van der Waals surface area contributed by atoms with E-state index in [1.54, 1.807) is 0 Å². The van der Waals surface area contributed by atoms with Crippen molar-refractivity contribution >= 4 is 12.6 Å².